The molecule has 1 saturated heterocycles. The summed E-state index contributed by atoms with van der Waals surface area (Å²) in [7, 11) is 1.75. The summed E-state index contributed by atoms with van der Waals surface area (Å²) in [5.41, 5.74) is 2.22. The minimum absolute atomic E-state index is 0.0723. The lowest BCUT2D eigenvalue weighted by atomic mass is 10.2. The molecular weight excluding hydrogens is 354 g/mol. The standard InChI is InChI=1S/C21H27N5O2/c1-22-21(24-12-14-28-19-5-3-2-4-6-19)25-15-17-7-9-18(10-8-17)26-13-11-23-20(27)16-26/h2-10H,11-16H2,1H3,(H,23,27)(H2,22,24,25). The summed E-state index contributed by atoms with van der Waals surface area (Å²) in [4.78, 5) is 17.8. The van der Waals surface area contributed by atoms with Crippen LogP contribution in [0.3, 0.4) is 0 Å². The largest absolute Gasteiger partial charge is 0.492 e. The minimum atomic E-state index is 0.0723. The van der Waals surface area contributed by atoms with Crippen LogP contribution in [-0.4, -0.2) is 51.7 Å². The Labute approximate surface area is 165 Å². The quantitative estimate of drug-likeness (QED) is 0.384. The normalized spacial score (nSPS) is 14.4. The van der Waals surface area contributed by atoms with Gasteiger partial charge in [-0.2, -0.15) is 0 Å². The van der Waals surface area contributed by atoms with Crippen molar-refractivity contribution >= 4 is 17.6 Å². The molecule has 0 spiro atoms. The SMILES string of the molecule is CN=C(NCCOc1ccccc1)NCc1ccc(N2CCNC(=O)C2)cc1. The van der Waals surface area contributed by atoms with E-state index in [9.17, 15) is 4.79 Å². The molecule has 1 aliphatic heterocycles. The highest BCUT2D eigenvalue weighted by Gasteiger charge is 2.16. The number of para-hydroxylation sites is 1. The Morgan fingerprint density at radius 2 is 1.93 bits per heavy atom. The third-order valence-electron chi connectivity index (χ3n) is 4.43. The van der Waals surface area contributed by atoms with Gasteiger partial charge in [0.15, 0.2) is 5.96 Å². The van der Waals surface area contributed by atoms with Gasteiger partial charge in [0, 0.05) is 32.4 Å². The second-order valence-corrected chi connectivity index (χ2v) is 6.45. The van der Waals surface area contributed by atoms with E-state index < -0.39 is 0 Å². The third kappa shape index (κ3) is 5.90. The van der Waals surface area contributed by atoms with E-state index >= 15 is 0 Å². The molecule has 3 rings (SSSR count). The van der Waals surface area contributed by atoms with E-state index in [2.05, 4.69) is 50.1 Å². The number of hydrogen-bond acceptors (Lipinski definition) is 4. The maximum absolute atomic E-state index is 11.5. The van der Waals surface area contributed by atoms with Gasteiger partial charge in [-0.1, -0.05) is 30.3 Å². The van der Waals surface area contributed by atoms with Crippen LogP contribution in [-0.2, 0) is 11.3 Å². The number of aliphatic imine (C=N–C) groups is 1. The first kappa shape index (κ1) is 19.5. The summed E-state index contributed by atoms with van der Waals surface area (Å²) in [6.07, 6.45) is 0. The predicted octanol–water partition coefficient (Wildman–Crippen LogP) is 1.37. The predicted molar refractivity (Wildman–Crippen MR) is 112 cm³/mol. The number of nitrogens with one attached hydrogen (secondary N) is 3. The molecule has 1 aliphatic rings. The summed E-state index contributed by atoms with van der Waals surface area (Å²) in [5.74, 6) is 1.66. The molecule has 3 N–H and O–H groups in total. The van der Waals surface area contributed by atoms with Crippen LogP contribution in [0.5, 0.6) is 5.75 Å². The zero-order chi connectivity index (χ0) is 19.6. The van der Waals surface area contributed by atoms with Crippen LogP contribution in [0.4, 0.5) is 5.69 Å². The first-order valence-electron chi connectivity index (χ1n) is 9.47. The van der Waals surface area contributed by atoms with E-state index in [0.29, 0.717) is 32.8 Å². The molecule has 0 aromatic heterocycles. The summed E-state index contributed by atoms with van der Waals surface area (Å²) in [6, 6.07) is 18.0. The fourth-order valence-corrected chi connectivity index (χ4v) is 2.95. The zero-order valence-corrected chi connectivity index (χ0v) is 16.1. The summed E-state index contributed by atoms with van der Waals surface area (Å²) < 4.78 is 5.66. The van der Waals surface area contributed by atoms with Gasteiger partial charge in [0.2, 0.25) is 5.91 Å². The fourth-order valence-electron chi connectivity index (χ4n) is 2.95. The number of anilines is 1. The Balaban J connectivity index is 1.40. The second kappa shape index (κ2) is 10.2. The third-order valence-corrected chi connectivity index (χ3v) is 4.43. The maximum atomic E-state index is 11.5. The van der Waals surface area contributed by atoms with E-state index in [-0.39, 0.29) is 5.91 Å². The van der Waals surface area contributed by atoms with Gasteiger partial charge < -0.3 is 25.6 Å². The monoisotopic (exact) mass is 381 g/mol. The van der Waals surface area contributed by atoms with E-state index in [1.165, 1.54) is 0 Å². The second-order valence-electron chi connectivity index (χ2n) is 6.45. The van der Waals surface area contributed by atoms with Gasteiger partial charge in [0.1, 0.15) is 12.4 Å². The number of guanidine groups is 1. The molecule has 0 unspecified atom stereocenters. The van der Waals surface area contributed by atoms with E-state index in [4.69, 9.17) is 4.74 Å². The first-order valence-corrected chi connectivity index (χ1v) is 9.47. The minimum Gasteiger partial charge on any atom is -0.492 e. The Morgan fingerprint density at radius 3 is 2.64 bits per heavy atom. The van der Waals surface area contributed by atoms with Crippen LogP contribution >= 0.6 is 0 Å². The Morgan fingerprint density at radius 1 is 1.14 bits per heavy atom. The Kier molecular flexibility index (Phi) is 7.12. The molecule has 7 nitrogen and oxygen atoms in total. The topological polar surface area (TPSA) is 78.0 Å². The number of rotatable bonds is 7. The number of carbonyl (C=O) groups is 1. The van der Waals surface area contributed by atoms with Crippen LogP contribution in [0.15, 0.2) is 59.6 Å². The van der Waals surface area contributed by atoms with Gasteiger partial charge in [-0.05, 0) is 29.8 Å². The van der Waals surface area contributed by atoms with Crippen molar-refractivity contribution in [2.45, 2.75) is 6.54 Å². The highest BCUT2D eigenvalue weighted by Crippen LogP contribution is 2.16. The molecule has 0 radical (unpaired) electrons. The Hall–Kier alpha value is -3.22. The van der Waals surface area contributed by atoms with Crippen LogP contribution < -0.4 is 25.6 Å². The highest BCUT2D eigenvalue weighted by atomic mass is 16.5. The maximum Gasteiger partial charge on any atom is 0.239 e. The van der Waals surface area contributed by atoms with Gasteiger partial charge in [-0.25, -0.2) is 0 Å². The number of piperazine rings is 1. The average Bonchev–Trinajstić information content (AvgIpc) is 2.74. The van der Waals surface area contributed by atoms with Gasteiger partial charge in [-0.15, -0.1) is 0 Å². The zero-order valence-electron chi connectivity index (χ0n) is 16.1. The Bertz CT molecular complexity index is 777. The average molecular weight is 381 g/mol. The molecule has 1 fully saturated rings. The van der Waals surface area contributed by atoms with Gasteiger partial charge in [0.25, 0.3) is 0 Å². The number of amides is 1. The van der Waals surface area contributed by atoms with E-state index in [0.717, 1.165) is 29.5 Å². The van der Waals surface area contributed by atoms with Crippen molar-refractivity contribution in [1.82, 2.24) is 16.0 Å². The molecule has 0 saturated carbocycles. The van der Waals surface area contributed by atoms with Crippen LogP contribution in [0.25, 0.3) is 0 Å². The molecule has 7 heteroatoms. The van der Waals surface area contributed by atoms with Gasteiger partial charge in [0.05, 0.1) is 13.1 Å². The number of hydrogen-bond donors (Lipinski definition) is 3. The molecule has 0 aliphatic carbocycles. The van der Waals surface area contributed by atoms with Crippen molar-refractivity contribution in [2.75, 3.05) is 44.7 Å². The number of nitrogens with zero attached hydrogens (tertiary/aromatic N) is 2. The van der Waals surface area contributed by atoms with Crippen molar-refractivity contribution in [3.8, 4) is 5.75 Å². The molecule has 0 bridgehead atoms. The molecule has 2 aromatic carbocycles. The van der Waals surface area contributed by atoms with Crippen LogP contribution in [0.1, 0.15) is 5.56 Å². The lowest BCUT2D eigenvalue weighted by Crippen LogP contribution is -2.47. The van der Waals surface area contributed by atoms with Gasteiger partial charge >= 0.3 is 0 Å². The van der Waals surface area contributed by atoms with Crippen molar-refractivity contribution in [3.05, 3.63) is 60.2 Å². The molecule has 2 aromatic rings. The van der Waals surface area contributed by atoms with Crippen LogP contribution in [0.2, 0.25) is 0 Å². The highest BCUT2D eigenvalue weighted by molar-refractivity contribution is 5.82. The number of carbonyl (C=O) groups excluding carboxylic acids is 1. The number of benzene rings is 2. The molecular formula is C21H27N5O2. The van der Waals surface area contributed by atoms with Crippen molar-refractivity contribution in [2.24, 2.45) is 4.99 Å². The summed E-state index contributed by atoms with van der Waals surface area (Å²) >= 11 is 0. The van der Waals surface area contributed by atoms with Crippen LogP contribution in [0, 0.1) is 0 Å². The molecule has 1 heterocycles. The molecule has 28 heavy (non-hydrogen) atoms. The van der Waals surface area contributed by atoms with E-state index in [1.54, 1.807) is 7.05 Å². The lowest BCUT2D eigenvalue weighted by Gasteiger charge is -2.28. The van der Waals surface area contributed by atoms with Crippen molar-refractivity contribution in [3.63, 3.8) is 0 Å². The van der Waals surface area contributed by atoms with Crippen molar-refractivity contribution in [1.29, 1.82) is 0 Å². The number of ether oxygens (including phenoxy) is 1. The first-order chi connectivity index (χ1) is 13.7. The lowest BCUT2D eigenvalue weighted by molar-refractivity contribution is -0.120. The fraction of sp³-hybridized carbons (Fsp3) is 0.333. The molecule has 148 valence electrons. The van der Waals surface area contributed by atoms with Gasteiger partial charge in [-0.3, -0.25) is 9.79 Å². The summed E-state index contributed by atoms with van der Waals surface area (Å²) in [5, 5.41) is 9.38. The van der Waals surface area contributed by atoms with E-state index in [1.807, 2.05) is 30.3 Å². The molecule has 0 atom stereocenters. The van der Waals surface area contributed by atoms with Crippen molar-refractivity contribution < 1.29 is 9.53 Å². The summed E-state index contributed by atoms with van der Waals surface area (Å²) in [6.45, 7) is 3.83. The smallest absolute Gasteiger partial charge is 0.239 e. The molecule has 1 amide bonds.